The molecule has 3 aromatic rings. The zero-order chi connectivity index (χ0) is 19.9. The molecular weight excluding hydrogens is 354 g/mol. The largest absolute Gasteiger partial charge is 0.376 e. The molecule has 0 aromatic heterocycles. The van der Waals surface area contributed by atoms with Crippen molar-refractivity contribution in [3.05, 3.63) is 102 Å². The molecule has 2 atom stereocenters. The van der Waals surface area contributed by atoms with Gasteiger partial charge in [0, 0.05) is 5.69 Å². The molecule has 0 saturated carbocycles. The summed E-state index contributed by atoms with van der Waals surface area (Å²) < 4.78 is 0. The summed E-state index contributed by atoms with van der Waals surface area (Å²) in [6.07, 6.45) is 3.82. The number of hydrogen-bond acceptors (Lipinski definition) is 3. The number of rotatable bonds is 6. The molecule has 1 fully saturated rings. The SMILES string of the molecule is N#Cc1ccc(N[C@@H](c2ccccc2)[C@@H](c2ccccc2)N2CCCCC2)cc1. The van der Waals surface area contributed by atoms with Gasteiger partial charge in [-0.1, -0.05) is 67.1 Å². The van der Waals surface area contributed by atoms with Gasteiger partial charge in [0.25, 0.3) is 0 Å². The van der Waals surface area contributed by atoms with Crippen molar-refractivity contribution in [2.45, 2.75) is 31.3 Å². The van der Waals surface area contributed by atoms with Gasteiger partial charge in [-0.05, 0) is 61.3 Å². The summed E-state index contributed by atoms with van der Waals surface area (Å²) in [5.41, 5.74) is 4.33. The minimum absolute atomic E-state index is 0.115. The van der Waals surface area contributed by atoms with E-state index in [9.17, 15) is 0 Å². The van der Waals surface area contributed by atoms with Crippen molar-refractivity contribution in [1.29, 1.82) is 5.26 Å². The normalized spacial score (nSPS) is 16.5. The van der Waals surface area contributed by atoms with Crippen molar-refractivity contribution >= 4 is 5.69 Å². The topological polar surface area (TPSA) is 39.1 Å². The van der Waals surface area contributed by atoms with Gasteiger partial charge < -0.3 is 5.32 Å². The van der Waals surface area contributed by atoms with Gasteiger partial charge in [0.15, 0.2) is 0 Å². The smallest absolute Gasteiger partial charge is 0.0991 e. The Balaban J connectivity index is 1.74. The first-order valence-electron chi connectivity index (χ1n) is 10.5. The van der Waals surface area contributed by atoms with Crippen LogP contribution in [0, 0.1) is 11.3 Å². The summed E-state index contributed by atoms with van der Waals surface area (Å²) in [6.45, 7) is 2.25. The maximum Gasteiger partial charge on any atom is 0.0991 e. The quantitative estimate of drug-likeness (QED) is 0.574. The Hall–Kier alpha value is -3.09. The minimum atomic E-state index is 0.115. The van der Waals surface area contributed by atoms with Crippen LogP contribution in [0.2, 0.25) is 0 Å². The van der Waals surface area contributed by atoms with Crippen LogP contribution in [0.1, 0.15) is 48.0 Å². The van der Waals surface area contributed by atoms with E-state index in [1.54, 1.807) is 0 Å². The first-order chi connectivity index (χ1) is 14.3. The summed E-state index contributed by atoms with van der Waals surface area (Å²) in [4.78, 5) is 2.63. The van der Waals surface area contributed by atoms with Crippen LogP contribution >= 0.6 is 0 Å². The molecular formula is C26H27N3. The van der Waals surface area contributed by atoms with E-state index in [4.69, 9.17) is 5.26 Å². The van der Waals surface area contributed by atoms with E-state index in [2.05, 4.69) is 76.9 Å². The lowest BCUT2D eigenvalue weighted by Crippen LogP contribution is -2.39. The van der Waals surface area contributed by atoms with E-state index in [1.807, 2.05) is 24.3 Å². The third-order valence-electron chi connectivity index (χ3n) is 5.74. The molecule has 0 unspecified atom stereocenters. The third kappa shape index (κ3) is 4.67. The third-order valence-corrected chi connectivity index (χ3v) is 5.74. The molecule has 146 valence electrons. The lowest BCUT2D eigenvalue weighted by atomic mass is 9.90. The Morgan fingerprint density at radius 2 is 1.31 bits per heavy atom. The van der Waals surface area contributed by atoms with Crippen molar-refractivity contribution in [2.24, 2.45) is 0 Å². The first-order valence-corrected chi connectivity index (χ1v) is 10.5. The highest BCUT2D eigenvalue weighted by Gasteiger charge is 2.31. The predicted molar refractivity (Wildman–Crippen MR) is 119 cm³/mol. The average Bonchev–Trinajstić information content (AvgIpc) is 2.81. The summed E-state index contributed by atoms with van der Waals surface area (Å²) in [5.74, 6) is 0. The predicted octanol–water partition coefficient (Wildman–Crippen LogP) is 5.94. The van der Waals surface area contributed by atoms with Gasteiger partial charge in [-0.2, -0.15) is 5.26 Å². The van der Waals surface area contributed by atoms with Crippen LogP contribution in [0.4, 0.5) is 5.69 Å². The van der Waals surface area contributed by atoms with E-state index in [1.165, 1.54) is 30.4 Å². The van der Waals surface area contributed by atoms with Crippen molar-refractivity contribution < 1.29 is 0 Å². The highest BCUT2D eigenvalue weighted by molar-refractivity contribution is 5.50. The monoisotopic (exact) mass is 381 g/mol. The Kier molecular flexibility index (Phi) is 6.24. The molecule has 1 heterocycles. The molecule has 0 radical (unpaired) electrons. The molecule has 29 heavy (non-hydrogen) atoms. The highest BCUT2D eigenvalue weighted by Crippen LogP contribution is 2.38. The van der Waals surface area contributed by atoms with Crippen LogP contribution in [0.5, 0.6) is 0 Å². The standard InChI is InChI=1S/C26H27N3/c27-20-21-14-16-24(17-15-21)28-25(22-10-4-1-5-11-22)26(23-12-6-2-7-13-23)29-18-8-3-9-19-29/h1-2,4-7,10-17,25-26,28H,3,8-9,18-19H2/t25-,26+/m0/s1. The van der Waals surface area contributed by atoms with Crippen LogP contribution in [-0.2, 0) is 0 Å². The maximum absolute atomic E-state index is 9.12. The first kappa shape index (κ1) is 19.2. The molecule has 3 nitrogen and oxygen atoms in total. The molecule has 0 spiro atoms. The maximum atomic E-state index is 9.12. The van der Waals surface area contributed by atoms with Crippen molar-refractivity contribution in [1.82, 2.24) is 4.90 Å². The lowest BCUT2D eigenvalue weighted by molar-refractivity contribution is 0.147. The van der Waals surface area contributed by atoms with Gasteiger partial charge >= 0.3 is 0 Å². The molecule has 1 aliphatic heterocycles. The fraction of sp³-hybridized carbons (Fsp3) is 0.269. The van der Waals surface area contributed by atoms with E-state index in [0.29, 0.717) is 5.56 Å². The highest BCUT2D eigenvalue weighted by atomic mass is 15.2. The second-order valence-electron chi connectivity index (χ2n) is 7.67. The number of nitriles is 1. The number of nitrogens with zero attached hydrogens (tertiary/aromatic N) is 2. The van der Waals surface area contributed by atoms with Crippen molar-refractivity contribution in [2.75, 3.05) is 18.4 Å². The molecule has 0 bridgehead atoms. The number of piperidine rings is 1. The van der Waals surface area contributed by atoms with Gasteiger partial charge in [-0.15, -0.1) is 0 Å². The summed E-state index contributed by atoms with van der Waals surface area (Å²) >= 11 is 0. The number of hydrogen-bond donors (Lipinski definition) is 1. The van der Waals surface area contributed by atoms with Crippen LogP contribution in [0.15, 0.2) is 84.9 Å². The number of nitrogens with one attached hydrogen (secondary N) is 1. The Morgan fingerprint density at radius 3 is 1.90 bits per heavy atom. The summed E-state index contributed by atoms with van der Waals surface area (Å²) in [7, 11) is 0. The number of likely N-dealkylation sites (tertiary alicyclic amines) is 1. The van der Waals surface area contributed by atoms with Crippen LogP contribution in [0.25, 0.3) is 0 Å². The Labute approximate surface area is 173 Å². The van der Waals surface area contributed by atoms with E-state index >= 15 is 0 Å². The van der Waals surface area contributed by atoms with Gasteiger partial charge in [0.2, 0.25) is 0 Å². The number of benzene rings is 3. The fourth-order valence-corrected chi connectivity index (χ4v) is 4.29. The lowest BCUT2D eigenvalue weighted by Gasteiger charge is -2.40. The Morgan fingerprint density at radius 1 is 0.724 bits per heavy atom. The van der Waals surface area contributed by atoms with E-state index in [-0.39, 0.29) is 12.1 Å². The Bertz CT molecular complexity index is 923. The van der Waals surface area contributed by atoms with E-state index < -0.39 is 0 Å². The van der Waals surface area contributed by atoms with Crippen molar-refractivity contribution in [3.8, 4) is 6.07 Å². The molecule has 3 heteroatoms. The molecule has 0 amide bonds. The fourth-order valence-electron chi connectivity index (χ4n) is 4.29. The van der Waals surface area contributed by atoms with Gasteiger partial charge in [-0.25, -0.2) is 0 Å². The van der Waals surface area contributed by atoms with Crippen LogP contribution in [-0.4, -0.2) is 18.0 Å². The molecule has 1 N–H and O–H groups in total. The second kappa shape index (κ2) is 9.41. The minimum Gasteiger partial charge on any atom is -0.376 e. The zero-order valence-electron chi connectivity index (χ0n) is 16.7. The summed E-state index contributed by atoms with van der Waals surface area (Å²) in [6, 6.07) is 31.9. The van der Waals surface area contributed by atoms with Crippen LogP contribution in [0.3, 0.4) is 0 Å². The second-order valence-corrected chi connectivity index (χ2v) is 7.67. The van der Waals surface area contributed by atoms with Gasteiger partial charge in [-0.3, -0.25) is 4.90 Å². The van der Waals surface area contributed by atoms with Crippen LogP contribution < -0.4 is 5.32 Å². The average molecular weight is 382 g/mol. The molecule has 4 rings (SSSR count). The van der Waals surface area contributed by atoms with Crippen molar-refractivity contribution in [3.63, 3.8) is 0 Å². The molecule has 1 aliphatic rings. The van der Waals surface area contributed by atoms with E-state index in [0.717, 1.165) is 18.8 Å². The zero-order valence-corrected chi connectivity index (χ0v) is 16.7. The molecule has 3 aromatic carbocycles. The van der Waals surface area contributed by atoms with Gasteiger partial charge in [0.05, 0.1) is 23.7 Å². The molecule has 1 saturated heterocycles. The summed E-state index contributed by atoms with van der Waals surface area (Å²) in [5, 5.41) is 12.9. The molecule has 0 aliphatic carbocycles. The van der Waals surface area contributed by atoms with Gasteiger partial charge in [0.1, 0.15) is 0 Å². The number of anilines is 1.